The van der Waals surface area contributed by atoms with Gasteiger partial charge in [-0.25, -0.2) is 4.79 Å². The summed E-state index contributed by atoms with van der Waals surface area (Å²) in [6.07, 6.45) is 3.35. The zero-order chi connectivity index (χ0) is 19.4. The molecule has 0 unspecified atom stereocenters. The highest BCUT2D eigenvalue weighted by atomic mass is 35.5. The van der Waals surface area contributed by atoms with E-state index in [1.165, 1.54) is 6.07 Å². The number of benzene rings is 2. The third-order valence-electron chi connectivity index (χ3n) is 4.33. The normalized spacial score (nSPS) is 11.4. The molecule has 3 aromatic rings. The number of carboxylic acid groups (broad SMARTS) is 1. The van der Waals surface area contributed by atoms with E-state index in [2.05, 4.69) is 25.4 Å². The maximum absolute atomic E-state index is 11.3. The summed E-state index contributed by atoms with van der Waals surface area (Å²) in [5.41, 5.74) is 6.02. The fourth-order valence-corrected chi connectivity index (χ4v) is 2.88. The SMILES string of the molecule is CC(C)(CONc1ccc(Cl)cc1C(=O)O)c1cccc(-c2ccoc2)c1. The summed E-state index contributed by atoms with van der Waals surface area (Å²) in [7, 11) is 0. The van der Waals surface area contributed by atoms with E-state index >= 15 is 0 Å². The van der Waals surface area contributed by atoms with Crippen LogP contribution in [-0.2, 0) is 10.3 Å². The van der Waals surface area contributed by atoms with Crippen molar-refractivity contribution in [3.05, 3.63) is 77.2 Å². The van der Waals surface area contributed by atoms with Crippen LogP contribution in [0.1, 0.15) is 29.8 Å². The highest BCUT2D eigenvalue weighted by molar-refractivity contribution is 6.31. The minimum absolute atomic E-state index is 0.0576. The molecule has 2 aromatic carbocycles. The van der Waals surface area contributed by atoms with E-state index in [0.29, 0.717) is 17.3 Å². The Morgan fingerprint density at radius 1 is 1.19 bits per heavy atom. The number of halogens is 1. The third kappa shape index (κ3) is 4.51. The second-order valence-electron chi connectivity index (χ2n) is 6.86. The molecule has 0 atom stereocenters. The molecule has 0 saturated heterocycles. The van der Waals surface area contributed by atoms with Crippen molar-refractivity contribution in [2.75, 3.05) is 12.1 Å². The standard InChI is InChI=1S/C21H20ClNO4/c1-21(2,16-5-3-4-14(10-16)15-8-9-26-12-15)13-27-23-19-7-6-17(22)11-18(19)20(24)25/h3-12,23H,13H2,1-2H3,(H,24,25). The first-order valence-corrected chi connectivity index (χ1v) is 8.78. The quantitative estimate of drug-likeness (QED) is 0.516. The van der Waals surface area contributed by atoms with Gasteiger partial charge in [0, 0.05) is 16.0 Å². The summed E-state index contributed by atoms with van der Waals surface area (Å²) in [6.45, 7) is 4.45. The van der Waals surface area contributed by atoms with Gasteiger partial charge < -0.3 is 9.52 Å². The van der Waals surface area contributed by atoms with Gasteiger partial charge in [-0.15, -0.1) is 0 Å². The van der Waals surface area contributed by atoms with Gasteiger partial charge in [0.1, 0.15) is 0 Å². The van der Waals surface area contributed by atoms with Gasteiger partial charge in [0.2, 0.25) is 0 Å². The first-order valence-electron chi connectivity index (χ1n) is 8.40. The van der Waals surface area contributed by atoms with Crippen molar-refractivity contribution in [3.8, 4) is 11.1 Å². The fourth-order valence-electron chi connectivity index (χ4n) is 2.71. The van der Waals surface area contributed by atoms with E-state index < -0.39 is 5.97 Å². The van der Waals surface area contributed by atoms with Crippen LogP contribution in [0, 0.1) is 0 Å². The number of nitrogens with one attached hydrogen (secondary N) is 1. The van der Waals surface area contributed by atoms with Crippen molar-refractivity contribution >= 4 is 23.3 Å². The summed E-state index contributed by atoms with van der Waals surface area (Å²) in [6, 6.07) is 14.6. The number of hydrogen-bond acceptors (Lipinski definition) is 4. The molecule has 1 aromatic heterocycles. The highest BCUT2D eigenvalue weighted by Gasteiger charge is 2.22. The highest BCUT2D eigenvalue weighted by Crippen LogP contribution is 2.29. The van der Waals surface area contributed by atoms with Crippen molar-refractivity contribution in [2.24, 2.45) is 0 Å². The van der Waals surface area contributed by atoms with Gasteiger partial charge in [-0.05, 0) is 35.4 Å². The number of carboxylic acids is 1. The summed E-state index contributed by atoms with van der Waals surface area (Å²) in [5, 5.41) is 9.64. The van der Waals surface area contributed by atoms with E-state index in [4.69, 9.17) is 20.9 Å². The molecule has 0 aliphatic carbocycles. The topological polar surface area (TPSA) is 71.7 Å². The molecule has 1 heterocycles. The van der Waals surface area contributed by atoms with E-state index in [9.17, 15) is 9.90 Å². The van der Waals surface area contributed by atoms with E-state index in [1.807, 2.05) is 24.3 Å². The van der Waals surface area contributed by atoms with Crippen LogP contribution in [0.3, 0.4) is 0 Å². The van der Waals surface area contributed by atoms with Crippen LogP contribution in [0.4, 0.5) is 5.69 Å². The molecular formula is C21H20ClNO4. The Labute approximate surface area is 162 Å². The number of aromatic carboxylic acids is 1. The Bertz CT molecular complexity index is 935. The van der Waals surface area contributed by atoms with Gasteiger partial charge in [0.15, 0.2) is 0 Å². The second kappa shape index (κ2) is 7.86. The van der Waals surface area contributed by atoms with Crippen LogP contribution in [0.25, 0.3) is 11.1 Å². The predicted octanol–water partition coefficient (Wildman–Crippen LogP) is 5.62. The van der Waals surface area contributed by atoms with Crippen molar-refractivity contribution < 1.29 is 19.2 Å². The van der Waals surface area contributed by atoms with Crippen molar-refractivity contribution in [1.82, 2.24) is 0 Å². The lowest BCUT2D eigenvalue weighted by molar-refractivity contribution is 0.0695. The summed E-state index contributed by atoms with van der Waals surface area (Å²) < 4.78 is 5.16. The average molecular weight is 386 g/mol. The smallest absolute Gasteiger partial charge is 0.337 e. The monoisotopic (exact) mass is 385 g/mol. The number of hydrogen-bond donors (Lipinski definition) is 2. The fraction of sp³-hybridized carbons (Fsp3) is 0.190. The van der Waals surface area contributed by atoms with E-state index in [-0.39, 0.29) is 11.0 Å². The van der Waals surface area contributed by atoms with Crippen molar-refractivity contribution in [3.63, 3.8) is 0 Å². The zero-order valence-electron chi connectivity index (χ0n) is 15.0. The van der Waals surface area contributed by atoms with Crippen LogP contribution in [-0.4, -0.2) is 17.7 Å². The Hall–Kier alpha value is -2.76. The van der Waals surface area contributed by atoms with Crippen LogP contribution in [0.5, 0.6) is 0 Å². The summed E-state index contributed by atoms with van der Waals surface area (Å²) in [5.74, 6) is -1.07. The van der Waals surface area contributed by atoms with Crippen LogP contribution in [0.2, 0.25) is 5.02 Å². The Balaban J connectivity index is 1.71. The van der Waals surface area contributed by atoms with Crippen LogP contribution < -0.4 is 5.48 Å². The molecule has 2 N–H and O–H groups in total. The lowest BCUT2D eigenvalue weighted by Crippen LogP contribution is -2.26. The molecule has 0 spiro atoms. The molecule has 0 saturated carbocycles. The molecular weight excluding hydrogens is 366 g/mol. The lowest BCUT2D eigenvalue weighted by atomic mass is 9.84. The number of anilines is 1. The molecule has 27 heavy (non-hydrogen) atoms. The van der Waals surface area contributed by atoms with Crippen LogP contribution in [0.15, 0.2) is 65.5 Å². The first kappa shape index (κ1) is 19.0. The largest absolute Gasteiger partial charge is 0.478 e. The zero-order valence-corrected chi connectivity index (χ0v) is 15.8. The lowest BCUT2D eigenvalue weighted by Gasteiger charge is -2.25. The summed E-state index contributed by atoms with van der Waals surface area (Å²) >= 11 is 5.87. The number of furan rings is 1. The van der Waals surface area contributed by atoms with Gasteiger partial charge in [0.25, 0.3) is 0 Å². The number of rotatable bonds is 7. The molecule has 0 aliphatic heterocycles. The molecule has 0 amide bonds. The maximum Gasteiger partial charge on any atom is 0.337 e. The van der Waals surface area contributed by atoms with Crippen molar-refractivity contribution in [2.45, 2.75) is 19.3 Å². The van der Waals surface area contributed by atoms with Gasteiger partial charge >= 0.3 is 5.97 Å². The Morgan fingerprint density at radius 3 is 2.70 bits per heavy atom. The molecule has 3 rings (SSSR count). The Morgan fingerprint density at radius 2 is 2.00 bits per heavy atom. The van der Waals surface area contributed by atoms with Crippen LogP contribution >= 0.6 is 11.6 Å². The Kier molecular flexibility index (Phi) is 5.54. The molecule has 6 heteroatoms. The molecule has 0 radical (unpaired) electrons. The maximum atomic E-state index is 11.3. The molecule has 0 aliphatic rings. The molecule has 0 bridgehead atoms. The minimum atomic E-state index is -1.07. The van der Waals surface area contributed by atoms with Gasteiger partial charge in [-0.1, -0.05) is 49.7 Å². The average Bonchev–Trinajstić information content (AvgIpc) is 3.17. The minimum Gasteiger partial charge on any atom is -0.478 e. The van der Waals surface area contributed by atoms with Gasteiger partial charge in [-0.2, -0.15) is 0 Å². The number of carbonyl (C=O) groups is 1. The second-order valence-corrected chi connectivity index (χ2v) is 7.30. The van der Waals surface area contributed by atoms with Gasteiger partial charge in [-0.3, -0.25) is 10.3 Å². The van der Waals surface area contributed by atoms with Crippen molar-refractivity contribution in [1.29, 1.82) is 0 Å². The van der Waals surface area contributed by atoms with Gasteiger partial charge in [0.05, 0.1) is 30.4 Å². The predicted molar refractivity (Wildman–Crippen MR) is 105 cm³/mol. The summed E-state index contributed by atoms with van der Waals surface area (Å²) in [4.78, 5) is 17.0. The molecule has 140 valence electrons. The third-order valence-corrected chi connectivity index (χ3v) is 4.56. The molecule has 0 fully saturated rings. The van der Waals surface area contributed by atoms with E-state index in [1.54, 1.807) is 24.7 Å². The first-order chi connectivity index (χ1) is 12.9. The van der Waals surface area contributed by atoms with E-state index in [0.717, 1.165) is 16.7 Å². The molecule has 5 nitrogen and oxygen atoms in total.